The summed E-state index contributed by atoms with van der Waals surface area (Å²) in [5.41, 5.74) is 5.24. The largest absolute Gasteiger partial charge is 0.380 e. The van der Waals surface area contributed by atoms with Gasteiger partial charge in [-0.05, 0) is 60.3 Å². The maximum Gasteiger partial charge on any atom is 0.0682 e. The summed E-state index contributed by atoms with van der Waals surface area (Å²) < 4.78 is 0. The lowest BCUT2D eigenvalue weighted by molar-refractivity contribution is 0.383. The molecule has 0 spiro atoms. The van der Waals surface area contributed by atoms with Gasteiger partial charge in [-0.15, -0.1) is 0 Å². The number of hydrogen-bond acceptors (Lipinski definition) is 2. The van der Waals surface area contributed by atoms with E-state index in [0.717, 1.165) is 37.1 Å². The van der Waals surface area contributed by atoms with Gasteiger partial charge in [0.1, 0.15) is 0 Å². The minimum atomic E-state index is 0.207. The molecule has 2 nitrogen and oxygen atoms in total. The van der Waals surface area contributed by atoms with Crippen LogP contribution in [0.2, 0.25) is 0 Å². The third-order valence-corrected chi connectivity index (χ3v) is 5.01. The second kappa shape index (κ2) is 9.73. The number of allylic oxidation sites excluding steroid dienone is 1. The predicted molar refractivity (Wildman–Crippen MR) is 117 cm³/mol. The second-order valence-electron chi connectivity index (χ2n) is 8.87. The van der Waals surface area contributed by atoms with Crippen LogP contribution in [0.15, 0.2) is 60.9 Å². The number of nitrogens with zero attached hydrogens (tertiary/aromatic N) is 1. The molecular weight excluding hydrogens is 328 g/mol. The van der Waals surface area contributed by atoms with E-state index in [1.54, 1.807) is 0 Å². The summed E-state index contributed by atoms with van der Waals surface area (Å²) in [5, 5.41) is 3.66. The van der Waals surface area contributed by atoms with E-state index in [9.17, 15) is 0 Å². The third kappa shape index (κ3) is 7.21. The summed E-state index contributed by atoms with van der Waals surface area (Å²) in [5.74, 6) is 0.528. The standard InChI is InChI=1S/C25H36N2/c1-7-21-12-14-22(15-13-21)19(2)11-16-24(23-10-8-9-17-26-23)27-20(3)18-25(4,5)6/h8-10,12-15,17,19,24,27H,3,7,11,16,18H2,1-2,4-6H3. The van der Waals surface area contributed by atoms with Crippen LogP contribution < -0.4 is 5.32 Å². The van der Waals surface area contributed by atoms with Gasteiger partial charge in [0.2, 0.25) is 0 Å². The molecule has 2 atom stereocenters. The van der Waals surface area contributed by atoms with Gasteiger partial charge in [0.05, 0.1) is 11.7 Å². The van der Waals surface area contributed by atoms with Crippen molar-refractivity contribution in [1.82, 2.24) is 10.3 Å². The molecule has 0 saturated heterocycles. The Morgan fingerprint density at radius 1 is 1.07 bits per heavy atom. The highest BCUT2D eigenvalue weighted by atomic mass is 15.0. The smallest absolute Gasteiger partial charge is 0.0682 e. The molecule has 2 unspecified atom stereocenters. The quantitative estimate of drug-likeness (QED) is 0.528. The molecule has 2 aromatic rings. The van der Waals surface area contributed by atoms with E-state index in [4.69, 9.17) is 0 Å². The lowest BCUT2D eigenvalue weighted by Gasteiger charge is -2.26. The van der Waals surface area contributed by atoms with Crippen LogP contribution in [0.25, 0.3) is 0 Å². The Morgan fingerprint density at radius 2 is 1.78 bits per heavy atom. The lowest BCUT2D eigenvalue weighted by atomic mass is 9.89. The molecule has 2 rings (SSSR count). The summed E-state index contributed by atoms with van der Waals surface area (Å²) in [7, 11) is 0. The summed E-state index contributed by atoms with van der Waals surface area (Å²) in [6, 6.07) is 15.4. The molecule has 0 aliphatic carbocycles. The van der Waals surface area contributed by atoms with E-state index in [2.05, 4.69) is 87.9 Å². The number of pyridine rings is 1. The maximum atomic E-state index is 4.60. The predicted octanol–water partition coefficient (Wildman–Crippen LogP) is 6.81. The van der Waals surface area contributed by atoms with Crippen molar-refractivity contribution in [2.45, 2.75) is 72.3 Å². The highest BCUT2D eigenvalue weighted by molar-refractivity contribution is 5.25. The van der Waals surface area contributed by atoms with E-state index in [0.29, 0.717) is 5.92 Å². The lowest BCUT2D eigenvalue weighted by Crippen LogP contribution is -2.24. The van der Waals surface area contributed by atoms with Crippen molar-refractivity contribution in [3.63, 3.8) is 0 Å². The Bertz CT molecular complexity index is 695. The van der Waals surface area contributed by atoms with Crippen molar-refractivity contribution in [2.75, 3.05) is 0 Å². The van der Waals surface area contributed by atoms with Gasteiger partial charge < -0.3 is 5.32 Å². The summed E-state index contributed by atoms with van der Waals surface area (Å²) in [6.45, 7) is 15.5. The van der Waals surface area contributed by atoms with E-state index < -0.39 is 0 Å². The van der Waals surface area contributed by atoms with Gasteiger partial charge in [-0.25, -0.2) is 0 Å². The summed E-state index contributed by atoms with van der Waals surface area (Å²) >= 11 is 0. The molecule has 0 bridgehead atoms. The van der Waals surface area contributed by atoms with Gasteiger partial charge in [-0.1, -0.05) is 71.5 Å². The topological polar surface area (TPSA) is 24.9 Å². The minimum Gasteiger partial charge on any atom is -0.380 e. The van der Waals surface area contributed by atoms with Crippen LogP contribution in [0.4, 0.5) is 0 Å². The van der Waals surface area contributed by atoms with Crippen LogP contribution in [0.3, 0.4) is 0 Å². The first-order valence-corrected chi connectivity index (χ1v) is 10.2. The van der Waals surface area contributed by atoms with Gasteiger partial charge >= 0.3 is 0 Å². The average Bonchev–Trinajstić information content (AvgIpc) is 2.64. The van der Waals surface area contributed by atoms with Gasteiger partial charge in [-0.2, -0.15) is 0 Å². The second-order valence-corrected chi connectivity index (χ2v) is 8.87. The Kier molecular flexibility index (Phi) is 7.65. The summed E-state index contributed by atoms with van der Waals surface area (Å²) in [6.07, 6.45) is 6.09. The first kappa shape index (κ1) is 21.2. The average molecular weight is 365 g/mol. The van der Waals surface area contributed by atoms with Crippen LogP contribution in [0.1, 0.15) is 82.7 Å². The fourth-order valence-corrected chi connectivity index (χ4v) is 3.48. The van der Waals surface area contributed by atoms with Gasteiger partial charge in [0, 0.05) is 11.9 Å². The van der Waals surface area contributed by atoms with E-state index in [-0.39, 0.29) is 11.5 Å². The number of aryl methyl sites for hydroxylation is 1. The monoisotopic (exact) mass is 364 g/mol. The van der Waals surface area contributed by atoms with E-state index >= 15 is 0 Å². The zero-order valence-electron chi connectivity index (χ0n) is 17.8. The zero-order valence-corrected chi connectivity index (χ0v) is 17.8. The van der Waals surface area contributed by atoms with Crippen molar-refractivity contribution in [1.29, 1.82) is 0 Å². The summed E-state index contributed by atoms with van der Waals surface area (Å²) in [4.78, 5) is 4.60. The van der Waals surface area contributed by atoms with Gasteiger partial charge in [0.15, 0.2) is 0 Å². The Hall–Kier alpha value is -2.09. The number of hydrogen-bond donors (Lipinski definition) is 1. The molecule has 1 aromatic carbocycles. The minimum absolute atomic E-state index is 0.207. The van der Waals surface area contributed by atoms with Gasteiger partial charge in [0.25, 0.3) is 0 Å². The van der Waals surface area contributed by atoms with Crippen LogP contribution in [0, 0.1) is 5.41 Å². The fraction of sp³-hybridized carbons (Fsp3) is 0.480. The van der Waals surface area contributed by atoms with Crippen molar-refractivity contribution < 1.29 is 0 Å². The van der Waals surface area contributed by atoms with Gasteiger partial charge in [-0.3, -0.25) is 4.98 Å². The first-order chi connectivity index (χ1) is 12.8. The normalized spacial score (nSPS) is 13.8. The molecule has 1 aromatic heterocycles. The molecule has 1 N–H and O–H groups in total. The molecule has 0 fully saturated rings. The Balaban J connectivity index is 2.03. The van der Waals surface area contributed by atoms with Crippen LogP contribution in [-0.4, -0.2) is 4.98 Å². The van der Waals surface area contributed by atoms with Crippen molar-refractivity contribution in [3.8, 4) is 0 Å². The fourth-order valence-electron chi connectivity index (χ4n) is 3.48. The zero-order chi connectivity index (χ0) is 19.9. The molecule has 0 aliphatic rings. The molecular formula is C25H36N2. The first-order valence-electron chi connectivity index (χ1n) is 10.2. The molecule has 2 heteroatoms. The van der Waals surface area contributed by atoms with Crippen molar-refractivity contribution in [2.24, 2.45) is 5.41 Å². The molecule has 0 radical (unpaired) electrons. The van der Waals surface area contributed by atoms with Crippen molar-refractivity contribution >= 4 is 0 Å². The number of nitrogens with one attached hydrogen (secondary N) is 1. The van der Waals surface area contributed by atoms with Crippen LogP contribution in [0.5, 0.6) is 0 Å². The SMILES string of the molecule is C=C(CC(C)(C)C)NC(CCC(C)c1ccc(CC)cc1)c1ccccn1. The van der Waals surface area contributed by atoms with Crippen LogP contribution >= 0.6 is 0 Å². The molecule has 146 valence electrons. The molecule has 0 saturated carbocycles. The highest BCUT2D eigenvalue weighted by Gasteiger charge is 2.18. The van der Waals surface area contributed by atoms with Crippen LogP contribution in [-0.2, 0) is 6.42 Å². The number of rotatable bonds is 9. The molecule has 0 amide bonds. The molecule has 27 heavy (non-hydrogen) atoms. The number of benzene rings is 1. The third-order valence-electron chi connectivity index (χ3n) is 5.01. The highest BCUT2D eigenvalue weighted by Crippen LogP contribution is 2.28. The van der Waals surface area contributed by atoms with Crippen molar-refractivity contribution in [3.05, 3.63) is 77.8 Å². The molecule has 0 aliphatic heterocycles. The van der Waals surface area contributed by atoms with E-state index in [1.165, 1.54) is 11.1 Å². The molecule has 1 heterocycles. The Morgan fingerprint density at radius 3 is 2.33 bits per heavy atom. The number of aromatic nitrogens is 1. The Labute approximate surface area is 166 Å². The van der Waals surface area contributed by atoms with E-state index in [1.807, 2.05) is 12.3 Å². The maximum absolute atomic E-state index is 4.60.